The van der Waals surface area contributed by atoms with E-state index in [2.05, 4.69) is 9.97 Å². The highest BCUT2D eigenvalue weighted by Gasteiger charge is 2.19. The Morgan fingerprint density at radius 2 is 2.38 bits per heavy atom. The lowest BCUT2D eigenvalue weighted by atomic mass is 10.2. The summed E-state index contributed by atoms with van der Waals surface area (Å²) in [6, 6.07) is 0. The van der Waals surface area contributed by atoms with E-state index >= 15 is 0 Å². The van der Waals surface area contributed by atoms with Crippen LogP contribution in [0.4, 0.5) is 0 Å². The second-order valence-corrected chi connectivity index (χ2v) is 3.52. The van der Waals surface area contributed by atoms with Crippen molar-refractivity contribution < 1.29 is 9.53 Å². The SMILES string of the molecule is CCc1nc2c(Cl)nccn2c1C(=O)OC. The van der Waals surface area contributed by atoms with Crippen LogP contribution in [0.5, 0.6) is 0 Å². The van der Waals surface area contributed by atoms with Gasteiger partial charge in [0.15, 0.2) is 16.5 Å². The third-order valence-corrected chi connectivity index (χ3v) is 2.55. The van der Waals surface area contributed by atoms with Crippen LogP contribution in [-0.4, -0.2) is 27.4 Å². The van der Waals surface area contributed by atoms with Crippen molar-refractivity contribution in [3.05, 3.63) is 28.9 Å². The third-order valence-electron chi connectivity index (χ3n) is 2.29. The molecule has 0 radical (unpaired) electrons. The van der Waals surface area contributed by atoms with Crippen LogP contribution in [0, 0.1) is 0 Å². The number of hydrogen-bond donors (Lipinski definition) is 0. The fourth-order valence-electron chi connectivity index (χ4n) is 1.55. The molecule has 0 aliphatic carbocycles. The van der Waals surface area contributed by atoms with Crippen LogP contribution < -0.4 is 0 Å². The molecule has 0 spiro atoms. The van der Waals surface area contributed by atoms with Crippen LogP contribution in [0.15, 0.2) is 12.4 Å². The Bertz CT molecular complexity index is 550. The maximum atomic E-state index is 11.6. The Balaban J connectivity index is 2.78. The van der Waals surface area contributed by atoms with E-state index < -0.39 is 5.97 Å². The number of aryl methyl sites for hydroxylation is 1. The van der Waals surface area contributed by atoms with E-state index in [1.807, 2.05) is 6.92 Å². The van der Waals surface area contributed by atoms with Crippen molar-refractivity contribution in [3.8, 4) is 0 Å². The molecule has 2 heterocycles. The van der Waals surface area contributed by atoms with E-state index in [0.717, 1.165) is 0 Å². The van der Waals surface area contributed by atoms with Crippen LogP contribution in [0.25, 0.3) is 5.65 Å². The monoisotopic (exact) mass is 239 g/mol. The van der Waals surface area contributed by atoms with Gasteiger partial charge in [0.1, 0.15) is 0 Å². The summed E-state index contributed by atoms with van der Waals surface area (Å²) in [5.74, 6) is -0.424. The van der Waals surface area contributed by atoms with E-state index in [4.69, 9.17) is 16.3 Å². The van der Waals surface area contributed by atoms with Gasteiger partial charge < -0.3 is 4.74 Å². The number of nitrogens with zero attached hydrogens (tertiary/aromatic N) is 3. The number of fused-ring (bicyclic) bond motifs is 1. The zero-order valence-corrected chi connectivity index (χ0v) is 9.65. The lowest BCUT2D eigenvalue weighted by Crippen LogP contribution is -2.08. The molecule has 0 atom stereocenters. The first kappa shape index (κ1) is 10.9. The number of halogens is 1. The van der Waals surface area contributed by atoms with Gasteiger partial charge in [0, 0.05) is 12.4 Å². The average Bonchev–Trinajstić information content (AvgIpc) is 2.68. The summed E-state index contributed by atoms with van der Waals surface area (Å²) >= 11 is 5.90. The summed E-state index contributed by atoms with van der Waals surface area (Å²) in [7, 11) is 1.34. The van der Waals surface area contributed by atoms with Crippen molar-refractivity contribution in [3.63, 3.8) is 0 Å². The number of imidazole rings is 1. The Labute approximate surface area is 97.0 Å². The van der Waals surface area contributed by atoms with Gasteiger partial charge in [-0.15, -0.1) is 0 Å². The van der Waals surface area contributed by atoms with Gasteiger partial charge in [0.2, 0.25) is 0 Å². The van der Waals surface area contributed by atoms with E-state index in [-0.39, 0.29) is 5.15 Å². The minimum absolute atomic E-state index is 0.271. The Morgan fingerprint density at radius 3 is 3.00 bits per heavy atom. The molecular weight excluding hydrogens is 230 g/mol. The topological polar surface area (TPSA) is 56.5 Å². The van der Waals surface area contributed by atoms with Crippen molar-refractivity contribution in [2.75, 3.05) is 7.11 Å². The number of carbonyl (C=O) groups is 1. The standard InChI is InChI=1S/C10H10ClN3O2/c1-3-6-7(10(15)16-2)14-5-4-12-8(11)9(14)13-6/h4-5H,3H2,1-2H3. The highest BCUT2D eigenvalue weighted by Crippen LogP contribution is 2.19. The Morgan fingerprint density at radius 1 is 1.62 bits per heavy atom. The summed E-state index contributed by atoms with van der Waals surface area (Å²) in [5, 5.41) is 0.271. The van der Waals surface area contributed by atoms with Crippen molar-refractivity contribution in [1.82, 2.24) is 14.4 Å². The molecular formula is C10H10ClN3O2. The second-order valence-electron chi connectivity index (χ2n) is 3.16. The van der Waals surface area contributed by atoms with E-state index in [1.54, 1.807) is 10.6 Å². The molecule has 0 fully saturated rings. The van der Waals surface area contributed by atoms with Gasteiger partial charge in [0.05, 0.1) is 12.8 Å². The quantitative estimate of drug-likeness (QED) is 0.749. The third kappa shape index (κ3) is 1.53. The second kappa shape index (κ2) is 4.09. The van der Waals surface area contributed by atoms with Gasteiger partial charge in [-0.25, -0.2) is 14.8 Å². The molecule has 0 N–H and O–H groups in total. The molecule has 16 heavy (non-hydrogen) atoms. The molecule has 0 aliphatic heterocycles. The molecule has 6 heteroatoms. The van der Waals surface area contributed by atoms with Crippen LogP contribution in [0.1, 0.15) is 23.1 Å². The summed E-state index contributed by atoms with van der Waals surface area (Å²) in [6.45, 7) is 1.91. The molecule has 2 aromatic heterocycles. The summed E-state index contributed by atoms with van der Waals surface area (Å²) < 4.78 is 6.32. The summed E-state index contributed by atoms with van der Waals surface area (Å²) in [5.41, 5.74) is 1.53. The van der Waals surface area contributed by atoms with Gasteiger partial charge in [-0.3, -0.25) is 4.40 Å². The molecule has 0 aliphatic rings. The molecule has 0 unspecified atom stereocenters. The summed E-state index contributed by atoms with van der Waals surface area (Å²) in [6.07, 6.45) is 3.78. The minimum atomic E-state index is -0.424. The largest absolute Gasteiger partial charge is 0.464 e. The number of hydrogen-bond acceptors (Lipinski definition) is 4. The Kier molecular flexibility index (Phi) is 2.78. The Hall–Kier alpha value is -1.62. The first-order valence-electron chi connectivity index (χ1n) is 4.78. The number of carbonyl (C=O) groups excluding carboxylic acids is 1. The highest BCUT2D eigenvalue weighted by molar-refractivity contribution is 6.32. The molecule has 84 valence electrons. The normalized spacial score (nSPS) is 10.7. The predicted octanol–water partition coefficient (Wildman–Crippen LogP) is 1.73. The van der Waals surface area contributed by atoms with Crippen molar-refractivity contribution >= 4 is 23.2 Å². The van der Waals surface area contributed by atoms with Crippen LogP contribution in [0.3, 0.4) is 0 Å². The van der Waals surface area contributed by atoms with Gasteiger partial charge in [-0.2, -0.15) is 0 Å². The zero-order valence-electron chi connectivity index (χ0n) is 8.90. The maximum absolute atomic E-state index is 11.6. The highest BCUT2D eigenvalue weighted by atomic mass is 35.5. The fourth-order valence-corrected chi connectivity index (χ4v) is 1.74. The van der Waals surface area contributed by atoms with Crippen LogP contribution in [0.2, 0.25) is 5.15 Å². The molecule has 2 rings (SSSR count). The molecule has 5 nitrogen and oxygen atoms in total. The molecule has 0 saturated carbocycles. The zero-order chi connectivity index (χ0) is 11.7. The number of methoxy groups -OCH3 is 1. The number of aromatic nitrogens is 3. The number of rotatable bonds is 2. The maximum Gasteiger partial charge on any atom is 0.357 e. The lowest BCUT2D eigenvalue weighted by molar-refractivity contribution is 0.0591. The van der Waals surface area contributed by atoms with E-state index in [0.29, 0.717) is 23.5 Å². The molecule has 0 amide bonds. The van der Waals surface area contributed by atoms with Crippen molar-refractivity contribution in [2.45, 2.75) is 13.3 Å². The van der Waals surface area contributed by atoms with Crippen molar-refractivity contribution in [1.29, 1.82) is 0 Å². The lowest BCUT2D eigenvalue weighted by Gasteiger charge is -2.01. The first-order valence-corrected chi connectivity index (χ1v) is 5.16. The van der Waals surface area contributed by atoms with Gasteiger partial charge >= 0.3 is 5.97 Å². The minimum Gasteiger partial charge on any atom is -0.464 e. The molecule has 0 bridgehead atoms. The molecule has 2 aromatic rings. The number of esters is 1. The smallest absolute Gasteiger partial charge is 0.357 e. The molecule has 0 aromatic carbocycles. The summed E-state index contributed by atoms with van der Waals surface area (Å²) in [4.78, 5) is 19.8. The predicted molar refractivity (Wildman–Crippen MR) is 58.7 cm³/mol. The first-order chi connectivity index (χ1) is 7.69. The van der Waals surface area contributed by atoms with E-state index in [9.17, 15) is 4.79 Å². The average molecular weight is 240 g/mol. The number of ether oxygens (including phenoxy) is 1. The molecule has 0 saturated heterocycles. The van der Waals surface area contributed by atoms with E-state index in [1.165, 1.54) is 13.3 Å². The van der Waals surface area contributed by atoms with Crippen LogP contribution >= 0.6 is 11.6 Å². The van der Waals surface area contributed by atoms with Gasteiger partial charge in [-0.05, 0) is 6.42 Å². The fraction of sp³-hybridized carbons (Fsp3) is 0.300. The van der Waals surface area contributed by atoms with Crippen LogP contribution in [-0.2, 0) is 11.2 Å². The van der Waals surface area contributed by atoms with Crippen molar-refractivity contribution in [2.24, 2.45) is 0 Å². The van der Waals surface area contributed by atoms with Gasteiger partial charge in [0.25, 0.3) is 0 Å². The van der Waals surface area contributed by atoms with Gasteiger partial charge in [-0.1, -0.05) is 18.5 Å².